The summed E-state index contributed by atoms with van der Waals surface area (Å²) in [5.41, 5.74) is 0. The molecule has 0 aromatic rings. The highest BCUT2D eigenvalue weighted by atomic mass is 31.2. The van der Waals surface area contributed by atoms with E-state index in [9.17, 15) is 43.2 Å². The van der Waals surface area contributed by atoms with Crippen molar-refractivity contribution in [1.29, 1.82) is 0 Å². The summed E-state index contributed by atoms with van der Waals surface area (Å²) < 4.78 is 68.5. The molecule has 3 unspecified atom stereocenters. The lowest BCUT2D eigenvalue weighted by Crippen LogP contribution is -2.30. The Morgan fingerprint density at radius 3 is 0.653 bits per heavy atom. The van der Waals surface area contributed by atoms with Crippen LogP contribution in [0.5, 0.6) is 0 Å². The molecule has 0 saturated heterocycles. The second-order valence-corrected chi connectivity index (χ2v) is 32.2. The molecule has 0 amide bonds. The van der Waals surface area contributed by atoms with Crippen molar-refractivity contribution in [3.63, 3.8) is 0 Å². The first-order valence-electron chi connectivity index (χ1n) is 39.2. The number of ether oxygens (including phenoxy) is 4. The maximum absolute atomic E-state index is 13.1. The SMILES string of the molecule is CC(C)CCCCCCCCCCCCCCCCC(=O)OC[C@H](COP(=O)(O)OCC(O)COP(=O)(O)OC[C@@H](COC(=O)CCCCCCCCCCC(C)C)OC(=O)CCCCCCCCCCC(C)C)OC(=O)CCCCCCCCCCCCCCCC(C)C. The average molecular weight is 1400 g/mol. The van der Waals surface area contributed by atoms with Crippen molar-refractivity contribution in [2.75, 3.05) is 39.6 Å². The van der Waals surface area contributed by atoms with Crippen LogP contribution in [0.4, 0.5) is 0 Å². The van der Waals surface area contributed by atoms with Crippen LogP contribution in [-0.2, 0) is 65.4 Å². The van der Waals surface area contributed by atoms with Gasteiger partial charge in [-0.2, -0.15) is 0 Å². The molecule has 95 heavy (non-hydrogen) atoms. The Labute approximate surface area is 581 Å². The van der Waals surface area contributed by atoms with Gasteiger partial charge in [-0.25, -0.2) is 9.13 Å². The number of carbonyl (C=O) groups excluding carboxylic acids is 4. The second kappa shape index (κ2) is 65.4. The van der Waals surface area contributed by atoms with E-state index in [-0.39, 0.29) is 25.7 Å². The summed E-state index contributed by atoms with van der Waals surface area (Å²) in [5, 5.41) is 10.6. The third kappa shape index (κ3) is 70.3. The number of hydrogen-bond donors (Lipinski definition) is 3. The van der Waals surface area contributed by atoms with E-state index < -0.39 is 97.5 Å². The standard InChI is InChI=1S/C76H148O17P2/c1-66(2)52-44-36-28-20-16-12-9-10-14-18-22-32-40-48-56-73(78)86-62-71(92-75(80)58-50-42-34-23-19-15-11-13-17-21-29-37-45-53-67(3)4)64-90-94(82,83)88-60-70(77)61-89-95(84,85)91-65-72(93-76(81)59-51-43-35-27-25-31-39-47-55-69(7)8)63-87-74(79)57-49-41-33-26-24-30-38-46-54-68(5)6/h66-72,77H,9-65H2,1-8H3,(H,82,83)(H,84,85)/t70?,71-,72-/m1/s1. The van der Waals surface area contributed by atoms with E-state index in [0.717, 1.165) is 114 Å². The third-order valence-electron chi connectivity index (χ3n) is 17.6. The first-order chi connectivity index (χ1) is 45.6. The molecule has 0 aliphatic carbocycles. The monoisotopic (exact) mass is 1400 g/mol. The topological polar surface area (TPSA) is 237 Å². The maximum atomic E-state index is 13.1. The number of aliphatic hydroxyl groups is 1. The fraction of sp³-hybridized carbons (Fsp3) is 0.947. The summed E-state index contributed by atoms with van der Waals surface area (Å²) in [6.07, 6.45) is 50.0. The largest absolute Gasteiger partial charge is 0.472 e. The Bertz CT molecular complexity index is 1870. The van der Waals surface area contributed by atoms with Gasteiger partial charge in [0.05, 0.1) is 26.4 Å². The Balaban J connectivity index is 5.25. The van der Waals surface area contributed by atoms with E-state index in [4.69, 9.17) is 37.0 Å². The quantitative estimate of drug-likeness (QED) is 0.0222. The number of hydrogen-bond acceptors (Lipinski definition) is 15. The summed E-state index contributed by atoms with van der Waals surface area (Å²) in [6, 6.07) is 0. The van der Waals surface area contributed by atoms with E-state index in [1.165, 1.54) is 186 Å². The van der Waals surface area contributed by atoms with Crippen LogP contribution >= 0.6 is 15.6 Å². The molecule has 564 valence electrons. The minimum Gasteiger partial charge on any atom is -0.462 e. The molecule has 0 aromatic heterocycles. The Kier molecular flexibility index (Phi) is 64.0. The van der Waals surface area contributed by atoms with Crippen LogP contribution in [0.1, 0.15) is 383 Å². The molecular formula is C76H148O17P2. The van der Waals surface area contributed by atoms with Crippen LogP contribution in [0, 0.1) is 23.7 Å². The van der Waals surface area contributed by atoms with Gasteiger partial charge in [0.1, 0.15) is 19.3 Å². The summed E-state index contributed by atoms with van der Waals surface area (Å²) in [5.74, 6) is 0.908. The zero-order valence-corrected chi connectivity index (χ0v) is 64.1. The number of aliphatic hydroxyl groups excluding tert-OH is 1. The van der Waals surface area contributed by atoms with Gasteiger partial charge in [0.15, 0.2) is 12.2 Å². The third-order valence-corrected chi connectivity index (χ3v) is 19.5. The molecule has 0 spiro atoms. The summed E-state index contributed by atoms with van der Waals surface area (Å²) in [7, 11) is -9.91. The molecule has 0 fully saturated rings. The molecule has 0 aliphatic heterocycles. The lowest BCUT2D eigenvalue weighted by Gasteiger charge is -2.21. The number of phosphoric ester groups is 2. The summed E-state index contributed by atoms with van der Waals surface area (Å²) in [4.78, 5) is 72.8. The normalized spacial score (nSPS) is 14.1. The van der Waals surface area contributed by atoms with Gasteiger partial charge < -0.3 is 33.8 Å². The van der Waals surface area contributed by atoms with Crippen molar-refractivity contribution < 1.29 is 80.2 Å². The molecule has 5 atom stereocenters. The van der Waals surface area contributed by atoms with Crippen LogP contribution in [0.15, 0.2) is 0 Å². The summed E-state index contributed by atoms with van der Waals surface area (Å²) >= 11 is 0. The van der Waals surface area contributed by atoms with Gasteiger partial charge >= 0.3 is 39.5 Å². The van der Waals surface area contributed by atoms with E-state index >= 15 is 0 Å². The molecule has 0 aliphatic rings. The molecule has 3 N–H and O–H groups in total. The van der Waals surface area contributed by atoms with Crippen LogP contribution in [0.3, 0.4) is 0 Å². The highest BCUT2D eigenvalue weighted by Crippen LogP contribution is 2.45. The number of carbonyl (C=O) groups is 4. The molecule has 0 saturated carbocycles. The van der Waals surface area contributed by atoms with Gasteiger partial charge in [-0.1, -0.05) is 331 Å². The van der Waals surface area contributed by atoms with Crippen molar-refractivity contribution in [3.8, 4) is 0 Å². The lowest BCUT2D eigenvalue weighted by atomic mass is 10.0. The minimum absolute atomic E-state index is 0.104. The van der Waals surface area contributed by atoms with Gasteiger partial charge in [-0.3, -0.25) is 37.3 Å². The van der Waals surface area contributed by atoms with E-state index in [0.29, 0.717) is 25.7 Å². The van der Waals surface area contributed by atoms with E-state index in [1.54, 1.807) is 0 Å². The molecule has 0 bridgehead atoms. The van der Waals surface area contributed by atoms with Gasteiger partial charge in [-0.15, -0.1) is 0 Å². The highest BCUT2D eigenvalue weighted by molar-refractivity contribution is 7.47. The Morgan fingerprint density at radius 1 is 0.263 bits per heavy atom. The number of esters is 4. The van der Waals surface area contributed by atoms with Crippen molar-refractivity contribution in [2.45, 2.75) is 401 Å². The molecular weight excluding hydrogens is 1250 g/mol. The Hall–Kier alpha value is -1.94. The number of unbranched alkanes of at least 4 members (excludes halogenated alkanes) is 39. The zero-order valence-electron chi connectivity index (χ0n) is 62.3. The number of phosphoric acid groups is 2. The van der Waals surface area contributed by atoms with Crippen LogP contribution < -0.4 is 0 Å². The second-order valence-electron chi connectivity index (χ2n) is 29.3. The van der Waals surface area contributed by atoms with E-state index in [1.807, 2.05) is 0 Å². The molecule has 0 aromatic carbocycles. The van der Waals surface area contributed by atoms with Gasteiger partial charge in [0.25, 0.3) is 0 Å². The van der Waals surface area contributed by atoms with Crippen molar-refractivity contribution in [1.82, 2.24) is 0 Å². The van der Waals surface area contributed by atoms with Gasteiger partial charge in [0.2, 0.25) is 0 Å². The zero-order chi connectivity index (χ0) is 70.3. The molecule has 0 radical (unpaired) electrons. The molecule has 0 heterocycles. The smallest absolute Gasteiger partial charge is 0.462 e. The molecule has 0 rings (SSSR count). The van der Waals surface area contributed by atoms with Crippen molar-refractivity contribution in [2.24, 2.45) is 23.7 Å². The highest BCUT2D eigenvalue weighted by Gasteiger charge is 2.30. The fourth-order valence-corrected chi connectivity index (χ4v) is 13.1. The predicted molar refractivity (Wildman–Crippen MR) is 386 cm³/mol. The average Bonchev–Trinajstić information content (AvgIpc) is 1.85. The van der Waals surface area contributed by atoms with Crippen LogP contribution in [-0.4, -0.2) is 96.7 Å². The van der Waals surface area contributed by atoms with Crippen LogP contribution in [0.2, 0.25) is 0 Å². The first-order valence-corrected chi connectivity index (χ1v) is 42.2. The maximum Gasteiger partial charge on any atom is 0.472 e. The van der Waals surface area contributed by atoms with Crippen molar-refractivity contribution >= 4 is 39.5 Å². The predicted octanol–water partition coefficient (Wildman–Crippen LogP) is 22.0. The first kappa shape index (κ1) is 93.1. The molecule has 17 nitrogen and oxygen atoms in total. The van der Waals surface area contributed by atoms with Crippen LogP contribution in [0.25, 0.3) is 0 Å². The van der Waals surface area contributed by atoms with E-state index in [2.05, 4.69) is 55.4 Å². The molecule has 19 heteroatoms. The van der Waals surface area contributed by atoms with Gasteiger partial charge in [0, 0.05) is 25.7 Å². The van der Waals surface area contributed by atoms with Gasteiger partial charge in [-0.05, 0) is 49.4 Å². The minimum atomic E-state index is -4.96. The Morgan fingerprint density at radius 2 is 0.442 bits per heavy atom. The lowest BCUT2D eigenvalue weighted by molar-refractivity contribution is -0.161. The number of rotatable bonds is 73. The van der Waals surface area contributed by atoms with Crippen molar-refractivity contribution in [3.05, 3.63) is 0 Å². The summed E-state index contributed by atoms with van der Waals surface area (Å²) in [6.45, 7) is 14.2. The fourth-order valence-electron chi connectivity index (χ4n) is 11.6.